The molecule has 0 bridgehead atoms. The van der Waals surface area contributed by atoms with Gasteiger partial charge in [0, 0.05) is 25.8 Å². The van der Waals surface area contributed by atoms with E-state index in [-0.39, 0.29) is 5.82 Å². The van der Waals surface area contributed by atoms with Crippen molar-refractivity contribution in [2.75, 3.05) is 25.0 Å². The Kier molecular flexibility index (Phi) is 5.98. The molecule has 2 nitrogen and oxygen atoms in total. The maximum Gasteiger partial charge on any atom is 0.125 e. The Morgan fingerprint density at radius 3 is 2.65 bits per heavy atom. The van der Waals surface area contributed by atoms with Gasteiger partial charge in [-0.2, -0.15) is 0 Å². The second-order valence-corrected chi connectivity index (χ2v) is 4.37. The minimum absolute atomic E-state index is 0.154. The average molecular weight is 238 g/mol. The maximum absolute atomic E-state index is 13.5. The molecule has 0 unspecified atom stereocenters. The normalized spacial score (nSPS) is 10.6. The van der Waals surface area contributed by atoms with Gasteiger partial charge in [-0.05, 0) is 36.7 Å². The molecule has 0 heterocycles. The summed E-state index contributed by atoms with van der Waals surface area (Å²) in [4.78, 5) is 2.11. The van der Waals surface area contributed by atoms with E-state index in [2.05, 4.69) is 23.2 Å². The van der Waals surface area contributed by atoms with Gasteiger partial charge in [0.05, 0.1) is 0 Å². The minimum Gasteiger partial charge on any atom is -0.375 e. The van der Waals surface area contributed by atoms with Crippen molar-refractivity contribution in [1.82, 2.24) is 5.32 Å². The average Bonchev–Trinajstić information content (AvgIpc) is 2.32. The van der Waals surface area contributed by atoms with Crippen LogP contribution >= 0.6 is 0 Å². The maximum atomic E-state index is 13.5. The molecular weight excluding hydrogens is 215 g/mol. The molecule has 0 aromatic heterocycles. The highest BCUT2D eigenvalue weighted by atomic mass is 19.1. The van der Waals surface area contributed by atoms with Crippen molar-refractivity contribution < 1.29 is 4.39 Å². The second kappa shape index (κ2) is 7.28. The molecule has 1 rings (SSSR count). The molecule has 17 heavy (non-hydrogen) atoms. The summed E-state index contributed by atoms with van der Waals surface area (Å²) >= 11 is 0. The van der Waals surface area contributed by atoms with E-state index in [9.17, 15) is 4.39 Å². The largest absolute Gasteiger partial charge is 0.375 e. The predicted octanol–water partition coefficient (Wildman–Crippen LogP) is 3.17. The molecule has 0 aliphatic rings. The van der Waals surface area contributed by atoms with Crippen LogP contribution in [0.3, 0.4) is 0 Å². The summed E-state index contributed by atoms with van der Waals surface area (Å²) in [5.74, 6) is -0.154. The van der Waals surface area contributed by atoms with Gasteiger partial charge in [0.2, 0.25) is 0 Å². The topological polar surface area (TPSA) is 15.3 Å². The number of nitrogens with zero attached hydrogens (tertiary/aromatic N) is 1. The van der Waals surface area contributed by atoms with E-state index in [4.69, 9.17) is 0 Å². The van der Waals surface area contributed by atoms with Crippen LogP contribution in [0.1, 0.15) is 32.3 Å². The van der Waals surface area contributed by atoms with E-state index < -0.39 is 0 Å². The molecule has 3 heteroatoms. The molecule has 1 aromatic carbocycles. The van der Waals surface area contributed by atoms with Crippen LogP contribution in [0.15, 0.2) is 18.2 Å². The van der Waals surface area contributed by atoms with Gasteiger partial charge in [0.1, 0.15) is 5.82 Å². The third kappa shape index (κ3) is 4.73. The van der Waals surface area contributed by atoms with Gasteiger partial charge in [0.15, 0.2) is 0 Å². The first kappa shape index (κ1) is 14.0. The first-order chi connectivity index (χ1) is 8.17. The Morgan fingerprint density at radius 2 is 2.00 bits per heavy atom. The number of nitrogens with one attached hydrogen (secondary N) is 1. The number of halogens is 1. The fourth-order valence-electron chi connectivity index (χ4n) is 1.75. The van der Waals surface area contributed by atoms with Gasteiger partial charge in [0.25, 0.3) is 0 Å². The highest BCUT2D eigenvalue weighted by Gasteiger charge is 2.04. The Balaban J connectivity index is 2.73. The van der Waals surface area contributed by atoms with Crippen molar-refractivity contribution in [2.45, 2.75) is 33.2 Å². The number of benzene rings is 1. The lowest BCUT2D eigenvalue weighted by molar-refractivity contribution is 0.620. The Morgan fingerprint density at radius 1 is 1.24 bits per heavy atom. The molecule has 0 saturated carbocycles. The summed E-state index contributed by atoms with van der Waals surface area (Å²) in [5, 5.41) is 3.22. The van der Waals surface area contributed by atoms with E-state index >= 15 is 0 Å². The van der Waals surface area contributed by atoms with Crippen molar-refractivity contribution >= 4 is 5.69 Å². The molecule has 0 aliphatic carbocycles. The molecule has 0 atom stereocenters. The van der Waals surface area contributed by atoms with Gasteiger partial charge >= 0.3 is 0 Å². The number of hydrogen-bond acceptors (Lipinski definition) is 2. The van der Waals surface area contributed by atoms with Crippen LogP contribution in [-0.2, 0) is 6.54 Å². The Bertz CT molecular complexity index is 339. The fourth-order valence-corrected chi connectivity index (χ4v) is 1.75. The highest BCUT2D eigenvalue weighted by Crippen LogP contribution is 2.18. The Labute approximate surface area is 104 Å². The van der Waals surface area contributed by atoms with Crippen LogP contribution in [0.2, 0.25) is 0 Å². The van der Waals surface area contributed by atoms with E-state index in [0.717, 1.165) is 43.7 Å². The predicted molar refractivity (Wildman–Crippen MR) is 72.0 cm³/mol. The number of rotatable bonds is 7. The molecule has 0 fully saturated rings. The molecule has 96 valence electrons. The molecule has 0 radical (unpaired) electrons. The summed E-state index contributed by atoms with van der Waals surface area (Å²) in [6.45, 7) is 6.81. The summed E-state index contributed by atoms with van der Waals surface area (Å²) in [7, 11) is 2.02. The van der Waals surface area contributed by atoms with Gasteiger partial charge in [-0.25, -0.2) is 4.39 Å². The molecule has 0 saturated heterocycles. The summed E-state index contributed by atoms with van der Waals surface area (Å²) in [5.41, 5.74) is 1.97. The smallest absolute Gasteiger partial charge is 0.125 e. The van der Waals surface area contributed by atoms with Crippen molar-refractivity contribution in [3.05, 3.63) is 29.6 Å². The van der Waals surface area contributed by atoms with Crippen LogP contribution in [0.4, 0.5) is 10.1 Å². The van der Waals surface area contributed by atoms with Crippen LogP contribution in [0, 0.1) is 5.82 Å². The molecule has 1 aromatic rings. The summed E-state index contributed by atoms with van der Waals surface area (Å²) in [6, 6.07) is 5.26. The molecule has 1 N–H and O–H groups in total. The molecule has 0 spiro atoms. The van der Waals surface area contributed by atoms with Gasteiger partial charge < -0.3 is 10.2 Å². The van der Waals surface area contributed by atoms with E-state index in [0.29, 0.717) is 0 Å². The third-order valence-electron chi connectivity index (χ3n) is 2.81. The van der Waals surface area contributed by atoms with Crippen LogP contribution in [0.5, 0.6) is 0 Å². The van der Waals surface area contributed by atoms with E-state index in [1.165, 1.54) is 0 Å². The number of hydrogen-bond donors (Lipinski definition) is 1. The van der Waals surface area contributed by atoms with Gasteiger partial charge in [-0.15, -0.1) is 0 Å². The van der Waals surface area contributed by atoms with Crippen molar-refractivity contribution in [1.29, 1.82) is 0 Å². The molecular formula is C14H23FN2. The van der Waals surface area contributed by atoms with Gasteiger partial charge in [-0.3, -0.25) is 0 Å². The third-order valence-corrected chi connectivity index (χ3v) is 2.81. The fraction of sp³-hybridized carbons (Fsp3) is 0.571. The highest BCUT2D eigenvalue weighted by molar-refractivity contribution is 5.48. The minimum atomic E-state index is -0.154. The summed E-state index contributed by atoms with van der Waals surface area (Å²) < 4.78 is 13.5. The number of anilines is 1. The first-order valence-electron chi connectivity index (χ1n) is 6.38. The zero-order valence-corrected chi connectivity index (χ0v) is 11.1. The molecule has 0 aliphatic heterocycles. The van der Waals surface area contributed by atoms with Crippen LogP contribution in [0.25, 0.3) is 0 Å². The van der Waals surface area contributed by atoms with Crippen LogP contribution < -0.4 is 10.2 Å². The first-order valence-corrected chi connectivity index (χ1v) is 6.38. The molecule has 0 amide bonds. The summed E-state index contributed by atoms with van der Waals surface area (Å²) in [6.07, 6.45) is 2.29. The standard InChI is InChI=1S/C14H23FN2/c1-4-6-7-17(3)14-9-12(11-16-5-2)8-13(15)10-14/h8-10,16H,4-7,11H2,1-3H3. The quantitative estimate of drug-likeness (QED) is 0.785. The van der Waals surface area contributed by atoms with Crippen molar-refractivity contribution in [2.24, 2.45) is 0 Å². The van der Waals surface area contributed by atoms with Crippen molar-refractivity contribution in [3.8, 4) is 0 Å². The lowest BCUT2D eigenvalue weighted by Gasteiger charge is -2.20. The van der Waals surface area contributed by atoms with Crippen molar-refractivity contribution in [3.63, 3.8) is 0 Å². The lowest BCUT2D eigenvalue weighted by Crippen LogP contribution is -2.19. The van der Waals surface area contributed by atoms with Crippen LogP contribution in [-0.4, -0.2) is 20.1 Å². The zero-order valence-electron chi connectivity index (χ0n) is 11.1. The monoisotopic (exact) mass is 238 g/mol. The zero-order chi connectivity index (χ0) is 12.7. The second-order valence-electron chi connectivity index (χ2n) is 4.37. The van der Waals surface area contributed by atoms with Gasteiger partial charge in [-0.1, -0.05) is 20.3 Å². The lowest BCUT2D eigenvalue weighted by atomic mass is 10.1. The Hall–Kier alpha value is -1.09. The van der Waals surface area contributed by atoms with E-state index in [1.54, 1.807) is 12.1 Å². The van der Waals surface area contributed by atoms with E-state index in [1.807, 2.05) is 14.0 Å². The number of unbranched alkanes of at least 4 members (excludes halogenated alkanes) is 1. The SMILES string of the molecule is CCCCN(C)c1cc(F)cc(CNCC)c1.